The molecule has 2 aromatic heterocycles. The zero-order valence-electron chi connectivity index (χ0n) is 13.6. The van der Waals surface area contributed by atoms with E-state index in [1.54, 1.807) is 12.3 Å². The van der Waals surface area contributed by atoms with Gasteiger partial charge in [0.1, 0.15) is 18.2 Å². The Labute approximate surface area is 145 Å². The van der Waals surface area contributed by atoms with Gasteiger partial charge in [-0.05, 0) is 49.1 Å². The molecule has 0 fully saturated rings. The molecular weight excluding hydrogens is 320 g/mol. The highest BCUT2D eigenvalue weighted by molar-refractivity contribution is 7.12. The van der Waals surface area contributed by atoms with Crippen molar-refractivity contribution in [2.45, 2.75) is 20.5 Å². The summed E-state index contributed by atoms with van der Waals surface area (Å²) in [4.78, 5) is 16.9. The largest absolute Gasteiger partial charge is 0.489 e. The second-order valence-corrected chi connectivity index (χ2v) is 6.46. The molecule has 2 heterocycles. The number of aromatic nitrogens is 1. The number of anilines is 1. The Morgan fingerprint density at radius 2 is 2.08 bits per heavy atom. The third-order valence-corrected chi connectivity index (χ3v) is 4.49. The van der Waals surface area contributed by atoms with Gasteiger partial charge in [0.25, 0.3) is 5.91 Å². The minimum absolute atomic E-state index is 0.156. The molecule has 5 heteroatoms. The number of thiophene rings is 1. The number of hydrogen-bond acceptors (Lipinski definition) is 4. The number of carbonyl (C=O) groups excluding carboxylic acids is 1. The summed E-state index contributed by atoms with van der Waals surface area (Å²) >= 11 is 1.40. The van der Waals surface area contributed by atoms with Crippen molar-refractivity contribution in [3.8, 4) is 5.75 Å². The van der Waals surface area contributed by atoms with Crippen molar-refractivity contribution in [2.24, 2.45) is 0 Å². The lowest BCUT2D eigenvalue weighted by molar-refractivity contribution is 0.103. The Morgan fingerprint density at radius 3 is 2.83 bits per heavy atom. The quantitative estimate of drug-likeness (QED) is 0.740. The maximum absolute atomic E-state index is 12.2. The van der Waals surface area contributed by atoms with Crippen molar-refractivity contribution in [1.29, 1.82) is 0 Å². The summed E-state index contributed by atoms with van der Waals surface area (Å²) in [5.74, 6) is 1.26. The van der Waals surface area contributed by atoms with Crippen LogP contribution in [-0.4, -0.2) is 10.9 Å². The van der Waals surface area contributed by atoms with Gasteiger partial charge in [-0.25, -0.2) is 4.98 Å². The molecule has 1 N–H and O–H groups in total. The lowest BCUT2D eigenvalue weighted by Gasteiger charge is -2.08. The number of pyridine rings is 1. The highest BCUT2D eigenvalue weighted by atomic mass is 32.1. The van der Waals surface area contributed by atoms with E-state index in [9.17, 15) is 4.79 Å². The van der Waals surface area contributed by atoms with Crippen molar-refractivity contribution < 1.29 is 9.53 Å². The van der Waals surface area contributed by atoms with E-state index in [0.717, 1.165) is 16.9 Å². The van der Waals surface area contributed by atoms with Crippen LogP contribution < -0.4 is 10.1 Å². The van der Waals surface area contributed by atoms with Crippen molar-refractivity contribution in [3.63, 3.8) is 0 Å². The SMILES string of the molecule is Cc1ccc(OCc2csc(C(=O)Nc3ccccn3)c2)c(C)c1. The second kappa shape index (κ2) is 7.27. The predicted octanol–water partition coefficient (Wildman–Crippen LogP) is 4.59. The van der Waals surface area contributed by atoms with Crippen LogP contribution in [0.1, 0.15) is 26.4 Å². The summed E-state index contributed by atoms with van der Waals surface area (Å²) in [6, 6.07) is 13.4. The molecule has 24 heavy (non-hydrogen) atoms. The van der Waals surface area contributed by atoms with E-state index in [-0.39, 0.29) is 5.91 Å². The molecule has 0 unspecified atom stereocenters. The third kappa shape index (κ3) is 4.00. The smallest absolute Gasteiger partial charge is 0.266 e. The molecule has 1 aromatic carbocycles. The lowest BCUT2D eigenvalue weighted by atomic mass is 10.1. The Hall–Kier alpha value is -2.66. The second-order valence-electron chi connectivity index (χ2n) is 5.55. The summed E-state index contributed by atoms with van der Waals surface area (Å²) < 4.78 is 5.85. The minimum atomic E-state index is -0.156. The van der Waals surface area contributed by atoms with Crippen LogP contribution in [0, 0.1) is 13.8 Å². The van der Waals surface area contributed by atoms with Crippen LogP contribution in [-0.2, 0) is 6.61 Å². The van der Waals surface area contributed by atoms with Crippen LogP contribution in [0.15, 0.2) is 54.0 Å². The molecule has 4 nitrogen and oxygen atoms in total. The van der Waals surface area contributed by atoms with Crippen molar-refractivity contribution in [3.05, 3.63) is 75.6 Å². The molecule has 0 bridgehead atoms. The van der Waals surface area contributed by atoms with Crippen molar-refractivity contribution >= 4 is 23.1 Å². The van der Waals surface area contributed by atoms with Crippen LogP contribution in [0.25, 0.3) is 0 Å². The topological polar surface area (TPSA) is 51.2 Å². The van der Waals surface area contributed by atoms with Gasteiger partial charge in [0.15, 0.2) is 0 Å². The average molecular weight is 338 g/mol. The summed E-state index contributed by atoms with van der Waals surface area (Å²) in [6.07, 6.45) is 1.65. The zero-order valence-corrected chi connectivity index (χ0v) is 14.4. The van der Waals surface area contributed by atoms with Gasteiger partial charge in [-0.1, -0.05) is 23.8 Å². The van der Waals surface area contributed by atoms with Crippen LogP contribution >= 0.6 is 11.3 Å². The number of amides is 1. The maximum atomic E-state index is 12.2. The van der Waals surface area contributed by atoms with Gasteiger partial charge >= 0.3 is 0 Å². The van der Waals surface area contributed by atoms with E-state index in [1.165, 1.54) is 16.9 Å². The molecule has 0 atom stereocenters. The highest BCUT2D eigenvalue weighted by Crippen LogP contribution is 2.22. The molecule has 122 valence electrons. The first-order chi connectivity index (χ1) is 11.6. The van der Waals surface area contributed by atoms with E-state index in [4.69, 9.17) is 4.74 Å². The molecule has 0 saturated heterocycles. The molecular formula is C19H18N2O2S. The monoisotopic (exact) mass is 338 g/mol. The molecule has 3 aromatic rings. The average Bonchev–Trinajstić information content (AvgIpc) is 3.04. The van der Waals surface area contributed by atoms with Crippen molar-refractivity contribution in [1.82, 2.24) is 4.98 Å². The fourth-order valence-corrected chi connectivity index (χ4v) is 3.10. The lowest BCUT2D eigenvalue weighted by Crippen LogP contribution is -2.11. The number of aryl methyl sites for hydroxylation is 2. The van der Waals surface area contributed by atoms with E-state index >= 15 is 0 Å². The fourth-order valence-electron chi connectivity index (χ4n) is 2.31. The number of rotatable bonds is 5. The van der Waals surface area contributed by atoms with Gasteiger partial charge in [-0.15, -0.1) is 11.3 Å². The van der Waals surface area contributed by atoms with Gasteiger partial charge in [0.05, 0.1) is 4.88 Å². The Kier molecular flexibility index (Phi) is 4.91. The van der Waals surface area contributed by atoms with Crippen LogP contribution in [0.2, 0.25) is 0 Å². The van der Waals surface area contributed by atoms with Gasteiger partial charge in [-0.3, -0.25) is 4.79 Å². The molecule has 1 amide bonds. The summed E-state index contributed by atoms with van der Waals surface area (Å²) in [5.41, 5.74) is 3.30. The normalized spacial score (nSPS) is 10.4. The van der Waals surface area contributed by atoms with Crippen molar-refractivity contribution in [2.75, 3.05) is 5.32 Å². The highest BCUT2D eigenvalue weighted by Gasteiger charge is 2.10. The first kappa shape index (κ1) is 16.2. The molecule has 0 saturated carbocycles. The first-order valence-electron chi connectivity index (χ1n) is 7.61. The molecule has 0 aliphatic carbocycles. The number of benzene rings is 1. The number of nitrogens with one attached hydrogen (secondary N) is 1. The summed E-state index contributed by atoms with van der Waals surface area (Å²) in [6.45, 7) is 4.53. The number of nitrogens with zero attached hydrogens (tertiary/aromatic N) is 1. The Balaban J connectivity index is 1.62. The number of hydrogen-bond donors (Lipinski definition) is 1. The van der Waals surface area contributed by atoms with Crippen LogP contribution in [0.3, 0.4) is 0 Å². The maximum Gasteiger partial charge on any atom is 0.266 e. The molecule has 0 spiro atoms. The van der Waals surface area contributed by atoms with E-state index in [1.807, 2.05) is 42.6 Å². The number of carbonyl (C=O) groups is 1. The predicted molar refractivity (Wildman–Crippen MR) is 96.8 cm³/mol. The molecule has 0 aliphatic heterocycles. The van der Waals surface area contributed by atoms with Crippen LogP contribution in [0.5, 0.6) is 5.75 Å². The minimum Gasteiger partial charge on any atom is -0.489 e. The molecule has 0 aliphatic rings. The Bertz CT molecular complexity index is 844. The van der Waals surface area contributed by atoms with Gasteiger partial charge in [0.2, 0.25) is 0 Å². The third-order valence-electron chi connectivity index (χ3n) is 3.51. The standard InChI is InChI=1S/C19H18N2O2S/c1-13-6-7-16(14(2)9-13)23-11-15-10-17(24-12-15)19(22)21-18-5-3-4-8-20-18/h3-10,12H,11H2,1-2H3,(H,20,21,22). The zero-order chi connectivity index (χ0) is 16.9. The van der Waals surface area contributed by atoms with Crippen LogP contribution in [0.4, 0.5) is 5.82 Å². The van der Waals surface area contributed by atoms with Gasteiger partial charge in [-0.2, -0.15) is 0 Å². The number of ether oxygens (including phenoxy) is 1. The van der Waals surface area contributed by atoms with E-state index in [2.05, 4.69) is 23.3 Å². The molecule has 3 rings (SSSR count). The summed E-state index contributed by atoms with van der Waals surface area (Å²) in [5, 5.41) is 4.72. The van der Waals surface area contributed by atoms with Gasteiger partial charge < -0.3 is 10.1 Å². The van der Waals surface area contributed by atoms with E-state index in [0.29, 0.717) is 17.3 Å². The van der Waals surface area contributed by atoms with E-state index < -0.39 is 0 Å². The van der Waals surface area contributed by atoms with Gasteiger partial charge in [0, 0.05) is 11.8 Å². The molecule has 0 radical (unpaired) electrons. The summed E-state index contributed by atoms with van der Waals surface area (Å²) in [7, 11) is 0. The fraction of sp³-hybridized carbons (Fsp3) is 0.158. The Morgan fingerprint density at radius 1 is 1.21 bits per heavy atom. The first-order valence-corrected chi connectivity index (χ1v) is 8.49.